The highest BCUT2D eigenvalue weighted by atomic mass is 14.7. The van der Waals surface area contributed by atoms with Gasteiger partial charge in [0.1, 0.15) is 0 Å². The second kappa shape index (κ2) is 10.7. The highest BCUT2D eigenvalue weighted by Crippen LogP contribution is 2.60. The van der Waals surface area contributed by atoms with Crippen molar-refractivity contribution in [3.63, 3.8) is 0 Å². The van der Waals surface area contributed by atoms with Crippen molar-refractivity contribution in [1.82, 2.24) is 4.98 Å². The van der Waals surface area contributed by atoms with Gasteiger partial charge in [-0.05, 0) is 103 Å². The Hall–Kier alpha value is -4.61. The Kier molecular flexibility index (Phi) is 6.79. The van der Waals surface area contributed by atoms with Crippen molar-refractivity contribution < 1.29 is 0 Å². The first-order chi connectivity index (χ1) is 22.6. The maximum atomic E-state index is 10.9. The Morgan fingerprint density at radius 2 is 1.15 bits per heavy atom. The molecule has 5 aromatic carbocycles. The number of hydrogen-bond donors (Lipinski definition) is 1. The molecule has 47 heavy (non-hydrogen) atoms. The van der Waals surface area contributed by atoms with E-state index in [9.17, 15) is 5.26 Å². The van der Waals surface area contributed by atoms with Gasteiger partial charge in [-0.15, -0.1) is 0 Å². The van der Waals surface area contributed by atoms with E-state index in [4.69, 9.17) is 0 Å². The summed E-state index contributed by atoms with van der Waals surface area (Å²) >= 11 is 0. The lowest BCUT2D eigenvalue weighted by Gasteiger charge is -2.43. The van der Waals surface area contributed by atoms with E-state index in [1.54, 1.807) is 0 Å². The minimum Gasteiger partial charge on any atom is -0.354 e. The minimum atomic E-state index is 0.0516. The molecule has 3 aliphatic carbocycles. The van der Waals surface area contributed by atoms with Gasteiger partial charge in [-0.25, -0.2) is 0 Å². The molecule has 1 N–H and O–H groups in total. The van der Waals surface area contributed by atoms with E-state index in [0.29, 0.717) is 17.8 Å². The third kappa shape index (κ3) is 4.15. The average Bonchev–Trinajstić information content (AvgIpc) is 3.44. The number of fused-ring (bicyclic) bond motifs is 3. The van der Waals surface area contributed by atoms with Crippen LogP contribution in [0.15, 0.2) is 78.9 Å². The molecular formula is C45H44N2. The first kappa shape index (κ1) is 29.8. The maximum Gasteiger partial charge on any atom is 0.0998 e. The van der Waals surface area contributed by atoms with E-state index in [1.165, 1.54) is 72.0 Å². The molecule has 0 aliphatic heterocycles. The summed E-state index contributed by atoms with van der Waals surface area (Å²) in [5, 5.41) is 13.5. The van der Waals surface area contributed by atoms with Gasteiger partial charge in [0, 0.05) is 28.1 Å². The molecule has 0 spiro atoms. The fourth-order valence-corrected chi connectivity index (χ4v) is 8.99. The molecule has 3 aliphatic rings. The smallest absolute Gasteiger partial charge is 0.0998 e. The van der Waals surface area contributed by atoms with Gasteiger partial charge in [-0.2, -0.15) is 5.26 Å². The van der Waals surface area contributed by atoms with Crippen molar-refractivity contribution in [3.05, 3.63) is 140 Å². The molecule has 0 fully saturated rings. The van der Waals surface area contributed by atoms with Gasteiger partial charge in [-0.1, -0.05) is 122 Å². The van der Waals surface area contributed by atoms with Gasteiger partial charge in [0.05, 0.1) is 17.1 Å². The number of hydrogen-bond acceptors (Lipinski definition) is 1. The SMILES string of the molecule is CC(C)c1cc(C(C)C)c(-c2ccc3[nH]c4c(C(C)C)c(C#N)c5c(c4c3c2)C2c3ccccc3C5c3ccccc32)c(C(C)C)c1. The number of rotatable bonds is 5. The summed E-state index contributed by atoms with van der Waals surface area (Å²) in [7, 11) is 0. The van der Waals surface area contributed by atoms with E-state index >= 15 is 0 Å². The van der Waals surface area contributed by atoms with Crippen LogP contribution in [0.1, 0.15) is 152 Å². The Morgan fingerprint density at radius 3 is 1.62 bits per heavy atom. The molecule has 1 aromatic heterocycles. The van der Waals surface area contributed by atoms with Gasteiger partial charge >= 0.3 is 0 Å². The Labute approximate surface area is 279 Å². The first-order valence-electron chi connectivity index (χ1n) is 17.5. The second-order valence-electron chi connectivity index (χ2n) is 15.2. The molecule has 2 nitrogen and oxygen atoms in total. The lowest BCUT2D eigenvalue weighted by molar-refractivity contribution is 0.752. The molecule has 0 unspecified atom stereocenters. The van der Waals surface area contributed by atoms with Crippen LogP contribution in [0.5, 0.6) is 0 Å². The van der Waals surface area contributed by atoms with Crippen molar-refractivity contribution in [2.24, 2.45) is 0 Å². The van der Waals surface area contributed by atoms with Gasteiger partial charge in [0.25, 0.3) is 0 Å². The highest BCUT2D eigenvalue weighted by molar-refractivity contribution is 6.13. The standard InChI is InChI=1S/C45H44N2/c1-23(2)28-20-33(24(3)4)39(34(21-28)25(5)6)27-17-18-37-35(19-27)43-44-41-31-15-11-9-13-29(31)40(30-14-10-12-16-32(30)41)42(44)36(22-46)38(26(7)8)45(43)47-37/h9-21,23-26,40-41,47H,1-8H3. The van der Waals surface area contributed by atoms with E-state index in [0.717, 1.165) is 22.2 Å². The van der Waals surface area contributed by atoms with Crippen LogP contribution >= 0.6 is 0 Å². The summed E-state index contributed by atoms with van der Waals surface area (Å²) in [5.74, 6) is 1.62. The van der Waals surface area contributed by atoms with Crippen molar-refractivity contribution in [2.45, 2.75) is 90.9 Å². The minimum absolute atomic E-state index is 0.0516. The Bertz CT molecular complexity index is 2210. The number of aromatic amines is 1. The van der Waals surface area contributed by atoms with E-state index in [1.807, 2.05) is 0 Å². The highest BCUT2D eigenvalue weighted by Gasteiger charge is 2.45. The largest absolute Gasteiger partial charge is 0.354 e. The van der Waals surface area contributed by atoms with Gasteiger partial charge in [0.15, 0.2) is 0 Å². The van der Waals surface area contributed by atoms with Crippen LogP contribution < -0.4 is 0 Å². The molecule has 2 heteroatoms. The summed E-state index contributed by atoms with van der Waals surface area (Å²) in [6.07, 6.45) is 0. The average molecular weight is 613 g/mol. The number of nitriles is 1. The van der Waals surface area contributed by atoms with E-state index in [2.05, 4.69) is 145 Å². The van der Waals surface area contributed by atoms with E-state index < -0.39 is 0 Å². The van der Waals surface area contributed by atoms with Crippen LogP contribution in [0.3, 0.4) is 0 Å². The number of nitrogens with zero attached hydrogens (tertiary/aromatic N) is 1. The predicted molar refractivity (Wildman–Crippen MR) is 197 cm³/mol. The van der Waals surface area contributed by atoms with Gasteiger partial charge in [0.2, 0.25) is 0 Å². The Balaban J connectivity index is 1.52. The maximum absolute atomic E-state index is 10.9. The normalized spacial score (nSPS) is 16.4. The quantitative estimate of drug-likeness (QED) is 0.206. The molecule has 0 radical (unpaired) electrons. The summed E-state index contributed by atoms with van der Waals surface area (Å²) in [5.41, 5.74) is 19.2. The fourth-order valence-electron chi connectivity index (χ4n) is 8.99. The zero-order chi connectivity index (χ0) is 32.9. The van der Waals surface area contributed by atoms with Crippen LogP contribution in [0.2, 0.25) is 0 Å². The lowest BCUT2D eigenvalue weighted by Crippen LogP contribution is -2.29. The van der Waals surface area contributed by atoms with Crippen molar-refractivity contribution in [1.29, 1.82) is 5.26 Å². The summed E-state index contributed by atoms with van der Waals surface area (Å²) in [4.78, 5) is 3.89. The summed E-state index contributed by atoms with van der Waals surface area (Å²) < 4.78 is 0. The molecule has 234 valence electrons. The number of benzene rings is 5. The van der Waals surface area contributed by atoms with Crippen LogP contribution in [-0.4, -0.2) is 4.98 Å². The molecule has 0 amide bonds. The van der Waals surface area contributed by atoms with Gasteiger partial charge in [-0.3, -0.25) is 0 Å². The zero-order valence-corrected chi connectivity index (χ0v) is 28.9. The zero-order valence-electron chi connectivity index (χ0n) is 28.9. The number of nitrogens with one attached hydrogen (secondary N) is 1. The Morgan fingerprint density at radius 1 is 0.617 bits per heavy atom. The molecule has 1 heterocycles. The summed E-state index contributed by atoms with van der Waals surface area (Å²) in [6.45, 7) is 18.4. The van der Waals surface area contributed by atoms with E-state index in [-0.39, 0.29) is 17.8 Å². The van der Waals surface area contributed by atoms with Crippen molar-refractivity contribution >= 4 is 21.8 Å². The molecule has 9 rings (SSSR count). The number of aromatic nitrogens is 1. The van der Waals surface area contributed by atoms with Gasteiger partial charge < -0.3 is 4.98 Å². The second-order valence-corrected chi connectivity index (χ2v) is 15.2. The third-order valence-corrected chi connectivity index (χ3v) is 11.1. The number of H-pyrrole nitrogens is 1. The molecule has 0 saturated carbocycles. The summed E-state index contributed by atoms with van der Waals surface area (Å²) in [6, 6.07) is 32.7. The molecule has 2 bridgehead atoms. The lowest BCUT2D eigenvalue weighted by atomic mass is 9.59. The fraction of sp³-hybridized carbons (Fsp3) is 0.311. The molecular weight excluding hydrogens is 569 g/mol. The van der Waals surface area contributed by atoms with Crippen LogP contribution in [0, 0.1) is 11.3 Å². The first-order valence-corrected chi connectivity index (χ1v) is 17.5. The topological polar surface area (TPSA) is 39.6 Å². The molecule has 6 aromatic rings. The van der Waals surface area contributed by atoms with Crippen LogP contribution in [0.4, 0.5) is 0 Å². The molecule has 0 saturated heterocycles. The third-order valence-electron chi connectivity index (χ3n) is 11.1. The molecule has 0 atom stereocenters. The van der Waals surface area contributed by atoms with Crippen LogP contribution in [0.25, 0.3) is 32.9 Å². The van der Waals surface area contributed by atoms with Crippen LogP contribution in [-0.2, 0) is 0 Å². The predicted octanol–water partition coefficient (Wildman–Crippen LogP) is 12.3. The van der Waals surface area contributed by atoms with Crippen molar-refractivity contribution in [2.75, 3.05) is 0 Å². The van der Waals surface area contributed by atoms with Crippen molar-refractivity contribution in [3.8, 4) is 17.2 Å². The monoisotopic (exact) mass is 612 g/mol.